The summed E-state index contributed by atoms with van der Waals surface area (Å²) in [5, 5.41) is 2.74. The molecular weight excluding hydrogens is 262 g/mol. The van der Waals surface area contributed by atoms with Crippen molar-refractivity contribution in [1.82, 2.24) is 9.97 Å². The normalized spacial score (nSPS) is 10.2. The van der Waals surface area contributed by atoms with Crippen molar-refractivity contribution >= 4 is 22.4 Å². The Morgan fingerprint density at radius 3 is 2.95 bits per heavy atom. The summed E-state index contributed by atoms with van der Waals surface area (Å²) in [5.74, 6) is -0.274. The molecule has 0 atom stereocenters. The van der Waals surface area contributed by atoms with Crippen molar-refractivity contribution in [3.63, 3.8) is 0 Å². The molecule has 0 aliphatic heterocycles. The molecule has 0 N–H and O–H groups in total. The van der Waals surface area contributed by atoms with Crippen LogP contribution in [0.1, 0.15) is 11.4 Å². The first kappa shape index (κ1) is 13.5. The molecule has 0 radical (unpaired) electrons. The van der Waals surface area contributed by atoms with Crippen LogP contribution in [0.4, 0.5) is 5.13 Å². The van der Waals surface area contributed by atoms with E-state index in [0.717, 1.165) is 16.5 Å². The van der Waals surface area contributed by atoms with E-state index in [1.807, 2.05) is 35.5 Å². The number of ether oxygens (including phenoxy) is 1. The van der Waals surface area contributed by atoms with E-state index in [1.165, 1.54) is 18.4 Å². The number of methoxy groups -OCH3 is 1. The highest BCUT2D eigenvalue weighted by Gasteiger charge is 2.11. The second-order valence-corrected chi connectivity index (χ2v) is 4.89. The maximum absolute atomic E-state index is 11.2. The number of hydrogen-bond acceptors (Lipinski definition) is 6. The van der Waals surface area contributed by atoms with Crippen LogP contribution in [0.25, 0.3) is 0 Å². The highest BCUT2D eigenvalue weighted by Crippen LogP contribution is 2.21. The van der Waals surface area contributed by atoms with Gasteiger partial charge in [-0.25, -0.2) is 4.98 Å². The second kappa shape index (κ2) is 6.29. The molecule has 0 aromatic carbocycles. The molecule has 6 heteroatoms. The number of carbonyl (C=O) groups excluding carboxylic acids is 1. The molecule has 0 spiro atoms. The van der Waals surface area contributed by atoms with Crippen LogP contribution in [-0.4, -0.2) is 30.1 Å². The molecule has 2 heterocycles. The SMILES string of the molecule is COC(=O)Cc1csc(N(C)Cc2ccccn2)n1. The zero-order chi connectivity index (χ0) is 13.7. The van der Waals surface area contributed by atoms with Crippen LogP contribution < -0.4 is 4.90 Å². The van der Waals surface area contributed by atoms with Gasteiger partial charge in [0.2, 0.25) is 0 Å². The van der Waals surface area contributed by atoms with Gasteiger partial charge < -0.3 is 9.64 Å². The first-order valence-electron chi connectivity index (χ1n) is 5.81. The fourth-order valence-corrected chi connectivity index (χ4v) is 2.37. The van der Waals surface area contributed by atoms with E-state index >= 15 is 0 Å². The molecule has 0 saturated carbocycles. The predicted molar refractivity (Wildman–Crippen MR) is 74.2 cm³/mol. The van der Waals surface area contributed by atoms with Crippen LogP contribution in [0.15, 0.2) is 29.8 Å². The lowest BCUT2D eigenvalue weighted by atomic mass is 10.3. The minimum Gasteiger partial charge on any atom is -0.469 e. The van der Waals surface area contributed by atoms with Gasteiger partial charge in [-0.2, -0.15) is 0 Å². The topological polar surface area (TPSA) is 55.3 Å². The largest absolute Gasteiger partial charge is 0.469 e. The fraction of sp³-hybridized carbons (Fsp3) is 0.308. The van der Waals surface area contributed by atoms with E-state index < -0.39 is 0 Å². The third-order valence-corrected chi connectivity index (χ3v) is 3.55. The average Bonchev–Trinajstić information content (AvgIpc) is 2.88. The van der Waals surface area contributed by atoms with Crippen molar-refractivity contribution in [3.05, 3.63) is 41.2 Å². The first-order valence-corrected chi connectivity index (χ1v) is 6.69. The Morgan fingerprint density at radius 2 is 2.26 bits per heavy atom. The summed E-state index contributed by atoms with van der Waals surface area (Å²) in [7, 11) is 3.33. The lowest BCUT2D eigenvalue weighted by molar-refractivity contribution is -0.139. The van der Waals surface area contributed by atoms with Crippen molar-refractivity contribution in [2.75, 3.05) is 19.1 Å². The molecule has 0 amide bonds. The molecule has 2 aromatic rings. The average molecular weight is 277 g/mol. The van der Waals surface area contributed by atoms with Crippen LogP contribution in [0.3, 0.4) is 0 Å². The number of pyridine rings is 1. The monoisotopic (exact) mass is 277 g/mol. The van der Waals surface area contributed by atoms with Gasteiger partial charge in [-0.15, -0.1) is 11.3 Å². The van der Waals surface area contributed by atoms with Crippen LogP contribution in [0, 0.1) is 0 Å². The Kier molecular flexibility index (Phi) is 4.46. The Morgan fingerprint density at radius 1 is 1.42 bits per heavy atom. The zero-order valence-corrected chi connectivity index (χ0v) is 11.7. The Labute approximate surface area is 115 Å². The van der Waals surface area contributed by atoms with Crippen molar-refractivity contribution in [2.24, 2.45) is 0 Å². The van der Waals surface area contributed by atoms with Crippen LogP contribution in [0.2, 0.25) is 0 Å². The molecule has 19 heavy (non-hydrogen) atoms. The smallest absolute Gasteiger partial charge is 0.311 e. The molecule has 0 aliphatic carbocycles. The summed E-state index contributed by atoms with van der Waals surface area (Å²) in [6.45, 7) is 0.687. The molecule has 0 saturated heterocycles. The van der Waals surface area contributed by atoms with E-state index in [-0.39, 0.29) is 12.4 Å². The first-order chi connectivity index (χ1) is 9.19. The number of anilines is 1. The van der Waals surface area contributed by atoms with Gasteiger partial charge in [-0.1, -0.05) is 6.07 Å². The van der Waals surface area contributed by atoms with E-state index in [4.69, 9.17) is 0 Å². The predicted octanol–water partition coefficient (Wildman–Crippen LogP) is 1.89. The lowest BCUT2D eigenvalue weighted by Crippen LogP contribution is -2.17. The summed E-state index contributed by atoms with van der Waals surface area (Å²) in [6, 6.07) is 5.82. The highest BCUT2D eigenvalue weighted by molar-refractivity contribution is 7.13. The Bertz CT molecular complexity index is 542. The lowest BCUT2D eigenvalue weighted by Gasteiger charge is -2.14. The van der Waals surface area contributed by atoms with Gasteiger partial charge in [-0.3, -0.25) is 9.78 Å². The van der Waals surface area contributed by atoms with Crippen molar-refractivity contribution in [2.45, 2.75) is 13.0 Å². The van der Waals surface area contributed by atoms with E-state index in [0.29, 0.717) is 6.54 Å². The van der Waals surface area contributed by atoms with Gasteiger partial charge >= 0.3 is 5.97 Å². The molecule has 0 bridgehead atoms. The zero-order valence-electron chi connectivity index (χ0n) is 10.9. The Balaban J connectivity index is 2.00. The van der Waals surface area contributed by atoms with Crippen LogP contribution >= 0.6 is 11.3 Å². The van der Waals surface area contributed by atoms with Crippen molar-refractivity contribution < 1.29 is 9.53 Å². The molecule has 0 unspecified atom stereocenters. The van der Waals surface area contributed by atoms with Gasteiger partial charge in [0, 0.05) is 18.6 Å². The Hall–Kier alpha value is -1.95. The molecule has 2 rings (SSSR count). The number of carbonyl (C=O) groups is 1. The van der Waals surface area contributed by atoms with Gasteiger partial charge in [0.15, 0.2) is 5.13 Å². The second-order valence-electron chi connectivity index (χ2n) is 4.05. The summed E-state index contributed by atoms with van der Waals surface area (Å²) >= 11 is 1.51. The number of aromatic nitrogens is 2. The van der Waals surface area contributed by atoms with Gasteiger partial charge in [0.05, 0.1) is 31.5 Å². The minimum absolute atomic E-state index is 0.213. The van der Waals surface area contributed by atoms with Gasteiger partial charge in [-0.05, 0) is 12.1 Å². The molecule has 2 aromatic heterocycles. The summed E-state index contributed by atoms with van der Waals surface area (Å²) < 4.78 is 4.62. The molecule has 100 valence electrons. The number of hydrogen-bond donors (Lipinski definition) is 0. The fourth-order valence-electron chi connectivity index (χ4n) is 1.58. The number of thiazole rings is 1. The number of esters is 1. The van der Waals surface area contributed by atoms with Crippen molar-refractivity contribution in [1.29, 1.82) is 0 Å². The molecular formula is C13H15N3O2S. The molecule has 0 aliphatic rings. The summed E-state index contributed by atoms with van der Waals surface area (Å²) in [6.07, 6.45) is 1.98. The third kappa shape index (κ3) is 3.75. The molecule has 5 nitrogen and oxygen atoms in total. The van der Waals surface area contributed by atoms with Crippen LogP contribution in [0.5, 0.6) is 0 Å². The maximum Gasteiger partial charge on any atom is 0.311 e. The third-order valence-electron chi connectivity index (χ3n) is 2.54. The highest BCUT2D eigenvalue weighted by atomic mass is 32.1. The number of nitrogens with zero attached hydrogens (tertiary/aromatic N) is 3. The van der Waals surface area contributed by atoms with Crippen molar-refractivity contribution in [3.8, 4) is 0 Å². The summed E-state index contributed by atoms with van der Waals surface area (Å²) in [4.78, 5) is 21.9. The quantitative estimate of drug-likeness (QED) is 0.781. The van der Waals surface area contributed by atoms with E-state index in [1.54, 1.807) is 6.20 Å². The van der Waals surface area contributed by atoms with Gasteiger partial charge in [0.1, 0.15) is 0 Å². The van der Waals surface area contributed by atoms with E-state index in [2.05, 4.69) is 14.7 Å². The summed E-state index contributed by atoms with van der Waals surface area (Å²) in [5.41, 5.74) is 1.72. The number of rotatable bonds is 5. The molecule has 0 fully saturated rings. The van der Waals surface area contributed by atoms with E-state index in [9.17, 15) is 4.79 Å². The standard InChI is InChI=1S/C13H15N3O2S/c1-16(8-10-5-3-4-6-14-10)13-15-11(9-19-13)7-12(17)18-2/h3-6,9H,7-8H2,1-2H3. The minimum atomic E-state index is -0.274. The van der Waals surface area contributed by atoms with Gasteiger partial charge in [0.25, 0.3) is 0 Å². The maximum atomic E-state index is 11.2. The van der Waals surface area contributed by atoms with Crippen LogP contribution in [-0.2, 0) is 22.5 Å².